The third-order valence-electron chi connectivity index (χ3n) is 2.88. The summed E-state index contributed by atoms with van der Waals surface area (Å²) in [6, 6.07) is 0.290. The molecule has 0 saturated heterocycles. The quantitative estimate of drug-likeness (QED) is 0.829. The first kappa shape index (κ1) is 9.65. The topological polar surface area (TPSA) is 42.0 Å². The van der Waals surface area contributed by atoms with Gasteiger partial charge in [0, 0.05) is 11.4 Å². The number of rotatable bonds is 3. The Balaban J connectivity index is 1.87. The molecule has 4 heteroatoms. The highest BCUT2D eigenvalue weighted by atomic mass is 32.1. The number of carbonyl (C=O) groups excluding carboxylic acids is 1. The normalized spacial score (nSPS) is 18.6. The molecule has 0 bridgehead atoms. The number of carbonyl (C=O) groups is 1. The molecular weight excluding hydrogens is 196 g/mol. The van der Waals surface area contributed by atoms with Gasteiger partial charge in [-0.2, -0.15) is 0 Å². The van der Waals surface area contributed by atoms with Crippen LogP contribution in [0.2, 0.25) is 0 Å². The molecule has 1 saturated carbocycles. The summed E-state index contributed by atoms with van der Waals surface area (Å²) >= 11 is 1.45. The fourth-order valence-corrected chi connectivity index (χ4v) is 2.20. The first-order valence-corrected chi connectivity index (χ1v) is 5.90. The van der Waals surface area contributed by atoms with Crippen LogP contribution in [0.4, 0.5) is 0 Å². The molecule has 0 aliphatic heterocycles. The second-order valence-electron chi connectivity index (χ2n) is 3.83. The predicted octanol–water partition coefficient (Wildman–Crippen LogP) is 2.06. The minimum atomic E-state index is -0.0364. The lowest BCUT2D eigenvalue weighted by atomic mass is 9.80. The minimum absolute atomic E-state index is 0.0364. The molecule has 1 aliphatic carbocycles. The third-order valence-corrected chi connectivity index (χ3v) is 3.47. The third kappa shape index (κ3) is 1.95. The second kappa shape index (κ2) is 4.09. The van der Waals surface area contributed by atoms with Crippen molar-refractivity contribution in [2.75, 3.05) is 0 Å². The van der Waals surface area contributed by atoms with Gasteiger partial charge < -0.3 is 5.32 Å². The summed E-state index contributed by atoms with van der Waals surface area (Å²) in [6.07, 6.45) is 3.80. The maximum atomic E-state index is 11.6. The zero-order valence-corrected chi connectivity index (χ0v) is 9.01. The number of hydrogen-bond donors (Lipinski definition) is 1. The van der Waals surface area contributed by atoms with Crippen LogP contribution in [0.25, 0.3) is 0 Å². The summed E-state index contributed by atoms with van der Waals surface area (Å²) in [5, 5.41) is 4.77. The monoisotopic (exact) mass is 210 g/mol. The van der Waals surface area contributed by atoms with Crippen LogP contribution in [0.3, 0.4) is 0 Å². The Morgan fingerprint density at radius 1 is 1.71 bits per heavy atom. The van der Waals surface area contributed by atoms with E-state index in [9.17, 15) is 4.79 Å². The molecule has 1 heterocycles. The Labute approximate surface area is 87.6 Å². The summed E-state index contributed by atoms with van der Waals surface area (Å²) in [5.41, 5.74) is 2.23. The van der Waals surface area contributed by atoms with Crippen LogP contribution in [-0.2, 0) is 0 Å². The van der Waals surface area contributed by atoms with Gasteiger partial charge >= 0.3 is 0 Å². The standard InChI is InChI=1S/C10H14N2OS/c1-7(8-3-2-4-8)12-10(13)9-5-14-6-11-9/h5-8H,2-4H2,1H3,(H,12,13). The summed E-state index contributed by atoms with van der Waals surface area (Å²) in [6.45, 7) is 2.08. The van der Waals surface area contributed by atoms with E-state index in [1.54, 1.807) is 10.9 Å². The fraction of sp³-hybridized carbons (Fsp3) is 0.600. The molecule has 76 valence electrons. The first-order chi connectivity index (χ1) is 6.77. The fourth-order valence-electron chi connectivity index (χ4n) is 1.66. The number of aromatic nitrogens is 1. The average molecular weight is 210 g/mol. The molecular formula is C10H14N2OS. The van der Waals surface area contributed by atoms with E-state index >= 15 is 0 Å². The summed E-state index contributed by atoms with van der Waals surface area (Å²) < 4.78 is 0. The van der Waals surface area contributed by atoms with E-state index < -0.39 is 0 Å². The lowest BCUT2D eigenvalue weighted by Crippen LogP contribution is -2.40. The second-order valence-corrected chi connectivity index (χ2v) is 4.55. The van der Waals surface area contributed by atoms with Crippen LogP contribution in [-0.4, -0.2) is 16.9 Å². The molecule has 1 amide bonds. The number of thiazole rings is 1. The summed E-state index contributed by atoms with van der Waals surface area (Å²) in [4.78, 5) is 15.6. The minimum Gasteiger partial charge on any atom is -0.348 e. The SMILES string of the molecule is CC(NC(=O)c1cscn1)C1CCC1. The first-order valence-electron chi connectivity index (χ1n) is 4.96. The molecule has 3 nitrogen and oxygen atoms in total. The zero-order chi connectivity index (χ0) is 9.97. The smallest absolute Gasteiger partial charge is 0.270 e. The highest BCUT2D eigenvalue weighted by Gasteiger charge is 2.25. The van der Waals surface area contributed by atoms with Gasteiger partial charge in [-0.1, -0.05) is 6.42 Å². The number of nitrogens with one attached hydrogen (secondary N) is 1. The van der Waals surface area contributed by atoms with Crippen molar-refractivity contribution in [1.29, 1.82) is 0 Å². The molecule has 1 aromatic rings. The van der Waals surface area contributed by atoms with Crippen molar-refractivity contribution < 1.29 is 4.79 Å². The van der Waals surface area contributed by atoms with Crippen molar-refractivity contribution in [3.05, 3.63) is 16.6 Å². The maximum Gasteiger partial charge on any atom is 0.270 e. The highest BCUT2D eigenvalue weighted by Crippen LogP contribution is 2.29. The van der Waals surface area contributed by atoms with E-state index in [0.29, 0.717) is 11.6 Å². The van der Waals surface area contributed by atoms with E-state index in [4.69, 9.17) is 0 Å². The van der Waals surface area contributed by atoms with Crippen LogP contribution < -0.4 is 5.32 Å². The molecule has 0 radical (unpaired) electrons. The molecule has 1 unspecified atom stereocenters. The predicted molar refractivity (Wildman–Crippen MR) is 56.4 cm³/mol. The van der Waals surface area contributed by atoms with Gasteiger partial charge in [0.15, 0.2) is 0 Å². The van der Waals surface area contributed by atoms with Crippen LogP contribution >= 0.6 is 11.3 Å². The van der Waals surface area contributed by atoms with E-state index in [0.717, 1.165) is 0 Å². The largest absolute Gasteiger partial charge is 0.348 e. The van der Waals surface area contributed by atoms with Gasteiger partial charge in [0.05, 0.1) is 5.51 Å². The Kier molecular flexibility index (Phi) is 2.82. The van der Waals surface area contributed by atoms with E-state index in [2.05, 4.69) is 17.2 Å². The van der Waals surface area contributed by atoms with Gasteiger partial charge in [-0.15, -0.1) is 11.3 Å². The van der Waals surface area contributed by atoms with Crippen LogP contribution in [0.5, 0.6) is 0 Å². The lowest BCUT2D eigenvalue weighted by Gasteiger charge is -2.31. The molecule has 14 heavy (non-hydrogen) atoms. The molecule has 0 aromatic carbocycles. The van der Waals surface area contributed by atoms with Crippen LogP contribution in [0.15, 0.2) is 10.9 Å². The van der Waals surface area contributed by atoms with Crippen LogP contribution in [0, 0.1) is 5.92 Å². The van der Waals surface area contributed by atoms with Crippen molar-refractivity contribution in [3.8, 4) is 0 Å². The van der Waals surface area contributed by atoms with Gasteiger partial charge in [0.25, 0.3) is 5.91 Å². The Bertz CT molecular complexity index is 306. The van der Waals surface area contributed by atoms with Crippen molar-refractivity contribution >= 4 is 17.2 Å². The zero-order valence-electron chi connectivity index (χ0n) is 8.19. The Hall–Kier alpha value is -0.900. The summed E-state index contributed by atoms with van der Waals surface area (Å²) in [5.74, 6) is 0.642. The average Bonchev–Trinajstić information content (AvgIpc) is 2.51. The van der Waals surface area contributed by atoms with Crippen molar-refractivity contribution in [3.63, 3.8) is 0 Å². The molecule has 1 atom stereocenters. The maximum absolute atomic E-state index is 11.6. The summed E-state index contributed by atoms with van der Waals surface area (Å²) in [7, 11) is 0. The van der Waals surface area contributed by atoms with Gasteiger partial charge in [-0.3, -0.25) is 4.79 Å². The Morgan fingerprint density at radius 2 is 2.50 bits per heavy atom. The lowest BCUT2D eigenvalue weighted by molar-refractivity contribution is 0.0905. The van der Waals surface area contributed by atoms with E-state index in [-0.39, 0.29) is 11.9 Å². The van der Waals surface area contributed by atoms with Crippen molar-refractivity contribution in [2.24, 2.45) is 5.92 Å². The molecule has 1 fully saturated rings. The molecule has 1 aromatic heterocycles. The number of nitrogens with zero attached hydrogens (tertiary/aromatic N) is 1. The van der Waals surface area contributed by atoms with Crippen LogP contribution in [0.1, 0.15) is 36.7 Å². The van der Waals surface area contributed by atoms with Gasteiger partial charge in [0.1, 0.15) is 5.69 Å². The highest BCUT2D eigenvalue weighted by molar-refractivity contribution is 7.07. The van der Waals surface area contributed by atoms with E-state index in [1.165, 1.54) is 30.6 Å². The van der Waals surface area contributed by atoms with E-state index in [1.807, 2.05) is 0 Å². The molecule has 2 rings (SSSR count). The van der Waals surface area contributed by atoms with Crippen molar-refractivity contribution in [2.45, 2.75) is 32.2 Å². The van der Waals surface area contributed by atoms with Gasteiger partial charge in [0.2, 0.25) is 0 Å². The number of amides is 1. The molecule has 0 spiro atoms. The molecule has 1 aliphatic rings. The molecule has 1 N–H and O–H groups in total. The Morgan fingerprint density at radius 3 is 3.00 bits per heavy atom. The van der Waals surface area contributed by atoms with Gasteiger partial charge in [-0.25, -0.2) is 4.98 Å². The number of hydrogen-bond acceptors (Lipinski definition) is 3. The van der Waals surface area contributed by atoms with Crippen molar-refractivity contribution in [1.82, 2.24) is 10.3 Å². The van der Waals surface area contributed by atoms with Gasteiger partial charge in [-0.05, 0) is 25.7 Å².